The van der Waals surface area contributed by atoms with Gasteiger partial charge >= 0.3 is 12.1 Å². The SMILES string of the molecule is Cn1cc(CC(=O)OC[C@H]2CCCCN2C(=O)OC(C)(C)C)cn1. The summed E-state index contributed by atoms with van der Waals surface area (Å²) in [7, 11) is 1.80. The molecule has 7 nitrogen and oxygen atoms in total. The summed E-state index contributed by atoms with van der Waals surface area (Å²) >= 11 is 0. The first-order chi connectivity index (χ1) is 11.2. The van der Waals surface area contributed by atoms with Crippen LogP contribution in [0.4, 0.5) is 4.79 Å². The number of piperidine rings is 1. The largest absolute Gasteiger partial charge is 0.463 e. The van der Waals surface area contributed by atoms with Gasteiger partial charge in [-0.2, -0.15) is 5.10 Å². The number of likely N-dealkylation sites (tertiary alicyclic amines) is 1. The zero-order valence-electron chi connectivity index (χ0n) is 14.9. The number of rotatable bonds is 4. The Hall–Kier alpha value is -2.05. The summed E-state index contributed by atoms with van der Waals surface area (Å²) in [5.74, 6) is -0.308. The van der Waals surface area contributed by atoms with Crippen molar-refractivity contribution in [3.05, 3.63) is 18.0 Å². The van der Waals surface area contributed by atoms with E-state index >= 15 is 0 Å². The highest BCUT2D eigenvalue weighted by atomic mass is 16.6. The van der Waals surface area contributed by atoms with Gasteiger partial charge in [0.25, 0.3) is 0 Å². The van der Waals surface area contributed by atoms with Gasteiger partial charge in [-0.3, -0.25) is 9.48 Å². The number of nitrogens with zero attached hydrogens (tertiary/aromatic N) is 3. The van der Waals surface area contributed by atoms with E-state index in [1.165, 1.54) is 0 Å². The molecule has 0 saturated carbocycles. The molecule has 0 N–H and O–H groups in total. The van der Waals surface area contributed by atoms with E-state index in [1.807, 2.05) is 20.8 Å². The van der Waals surface area contributed by atoms with Crippen molar-refractivity contribution in [1.82, 2.24) is 14.7 Å². The lowest BCUT2D eigenvalue weighted by Gasteiger charge is -2.36. The van der Waals surface area contributed by atoms with Crippen molar-refractivity contribution >= 4 is 12.1 Å². The van der Waals surface area contributed by atoms with Crippen LogP contribution < -0.4 is 0 Å². The van der Waals surface area contributed by atoms with Crippen LogP contribution in [0, 0.1) is 0 Å². The van der Waals surface area contributed by atoms with Crippen LogP contribution in [0.25, 0.3) is 0 Å². The minimum atomic E-state index is -0.532. The molecule has 1 aliphatic rings. The molecule has 24 heavy (non-hydrogen) atoms. The van der Waals surface area contributed by atoms with Crippen LogP contribution in [-0.4, -0.2) is 51.5 Å². The van der Waals surface area contributed by atoms with Gasteiger partial charge in [0.2, 0.25) is 0 Å². The molecule has 0 unspecified atom stereocenters. The first-order valence-corrected chi connectivity index (χ1v) is 8.37. The lowest BCUT2D eigenvalue weighted by molar-refractivity contribution is -0.145. The van der Waals surface area contributed by atoms with Gasteiger partial charge in [0.15, 0.2) is 0 Å². The van der Waals surface area contributed by atoms with Crippen molar-refractivity contribution in [2.24, 2.45) is 7.05 Å². The Labute approximate surface area is 142 Å². The van der Waals surface area contributed by atoms with Crippen LogP contribution in [0.15, 0.2) is 12.4 Å². The molecule has 1 aliphatic heterocycles. The Bertz CT molecular complexity index is 577. The summed E-state index contributed by atoms with van der Waals surface area (Å²) in [4.78, 5) is 26.0. The third-order valence-electron chi connectivity index (χ3n) is 3.80. The summed E-state index contributed by atoms with van der Waals surface area (Å²) in [5.41, 5.74) is 0.283. The topological polar surface area (TPSA) is 73.7 Å². The van der Waals surface area contributed by atoms with Gasteiger partial charge in [0.05, 0.1) is 18.7 Å². The predicted molar refractivity (Wildman–Crippen MR) is 88.5 cm³/mol. The summed E-state index contributed by atoms with van der Waals surface area (Å²) in [6, 6.07) is -0.119. The summed E-state index contributed by atoms with van der Waals surface area (Å²) in [6.45, 7) is 6.38. The Morgan fingerprint density at radius 1 is 1.33 bits per heavy atom. The van der Waals surface area contributed by atoms with Crippen LogP contribution in [0.2, 0.25) is 0 Å². The number of carbonyl (C=O) groups excluding carboxylic acids is 2. The monoisotopic (exact) mass is 337 g/mol. The molecule has 134 valence electrons. The van der Waals surface area contributed by atoms with Gasteiger partial charge in [-0.15, -0.1) is 0 Å². The Morgan fingerprint density at radius 3 is 2.71 bits per heavy atom. The van der Waals surface area contributed by atoms with E-state index in [4.69, 9.17) is 9.47 Å². The van der Waals surface area contributed by atoms with Crippen molar-refractivity contribution < 1.29 is 19.1 Å². The maximum Gasteiger partial charge on any atom is 0.410 e. The minimum Gasteiger partial charge on any atom is -0.463 e. The molecule has 0 aromatic carbocycles. The predicted octanol–water partition coefficient (Wildman–Crippen LogP) is 2.30. The molecular weight excluding hydrogens is 310 g/mol. The van der Waals surface area contributed by atoms with E-state index in [0.29, 0.717) is 6.54 Å². The third-order valence-corrected chi connectivity index (χ3v) is 3.80. The highest BCUT2D eigenvalue weighted by Gasteiger charge is 2.31. The normalized spacial score (nSPS) is 18.3. The van der Waals surface area contributed by atoms with Gasteiger partial charge in [-0.1, -0.05) is 0 Å². The molecule has 1 fully saturated rings. The molecule has 1 atom stereocenters. The zero-order chi connectivity index (χ0) is 17.7. The van der Waals surface area contributed by atoms with Crippen molar-refractivity contribution in [2.45, 2.75) is 58.1 Å². The number of ether oxygens (including phenoxy) is 2. The summed E-state index contributed by atoms with van der Waals surface area (Å²) in [6.07, 6.45) is 6.06. The highest BCUT2D eigenvalue weighted by Crippen LogP contribution is 2.20. The van der Waals surface area contributed by atoms with Crippen LogP contribution in [-0.2, 0) is 27.7 Å². The van der Waals surface area contributed by atoms with Crippen LogP contribution in [0.3, 0.4) is 0 Å². The van der Waals surface area contributed by atoms with E-state index in [0.717, 1.165) is 24.8 Å². The molecule has 7 heteroatoms. The van der Waals surface area contributed by atoms with E-state index in [-0.39, 0.29) is 31.1 Å². The Morgan fingerprint density at radius 2 is 2.08 bits per heavy atom. The lowest BCUT2D eigenvalue weighted by atomic mass is 10.0. The molecule has 1 aromatic heterocycles. The minimum absolute atomic E-state index is 0.119. The second kappa shape index (κ2) is 7.68. The fourth-order valence-electron chi connectivity index (χ4n) is 2.70. The number of esters is 1. The van der Waals surface area contributed by atoms with E-state index in [9.17, 15) is 9.59 Å². The number of hydrogen-bond acceptors (Lipinski definition) is 5. The Kier molecular flexibility index (Phi) is 5.85. The molecule has 0 radical (unpaired) electrons. The summed E-state index contributed by atoms with van der Waals surface area (Å²) < 4.78 is 12.5. The number of amides is 1. The van der Waals surface area contributed by atoms with E-state index < -0.39 is 5.60 Å². The second-order valence-electron chi connectivity index (χ2n) is 7.21. The van der Waals surface area contributed by atoms with Crippen molar-refractivity contribution in [2.75, 3.05) is 13.2 Å². The van der Waals surface area contributed by atoms with Crippen LogP contribution in [0.5, 0.6) is 0 Å². The van der Waals surface area contributed by atoms with Gasteiger partial charge in [-0.05, 0) is 40.0 Å². The quantitative estimate of drug-likeness (QED) is 0.788. The van der Waals surface area contributed by atoms with E-state index in [1.54, 1.807) is 29.0 Å². The van der Waals surface area contributed by atoms with E-state index in [2.05, 4.69) is 5.10 Å². The van der Waals surface area contributed by atoms with Crippen molar-refractivity contribution in [1.29, 1.82) is 0 Å². The lowest BCUT2D eigenvalue weighted by Crippen LogP contribution is -2.48. The average Bonchev–Trinajstić information content (AvgIpc) is 2.88. The van der Waals surface area contributed by atoms with Gasteiger partial charge < -0.3 is 14.4 Å². The first-order valence-electron chi connectivity index (χ1n) is 8.37. The van der Waals surface area contributed by atoms with Crippen LogP contribution in [0.1, 0.15) is 45.6 Å². The van der Waals surface area contributed by atoms with Crippen molar-refractivity contribution in [3.63, 3.8) is 0 Å². The summed E-state index contributed by atoms with van der Waals surface area (Å²) in [5, 5.41) is 4.03. The standard InChI is InChI=1S/C17H27N3O4/c1-17(2,3)24-16(22)20-8-6-5-7-14(20)12-23-15(21)9-13-10-18-19(4)11-13/h10-11,14H,5-9,12H2,1-4H3/t14-/m1/s1. The maximum atomic E-state index is 12.3. The molecule has 0 spiro atoms. The smallest absolute Gasteiger partial charge is 0.410 e. The van der Waals surface area contributed by atoms with Gasteiger partial charge in [0, 0.05) is 25.4 Å². The third kappa shape index (κ3) is 5.54. The number of hydrogen-bond donors (Lipinski definition) is 0. The zero-order valence-corrected chi connectivity index (χ0v) is 14.9. The molecule has 0 bridgehead atoms. The highest BCUT2D eigenvalue weighted by molar-refractivity contribution is 5.72. The second-order valence-corrected chi connectivity index (χ2v) is 7.21. The number of aromatic nitrogens is 2. The van der Waals surface area contributed by atoms with Crippen molar-refractivity contribution in [3.8, 4) is 0 Å². The first kappa shape index (κ1) is 18.3. The van der Waals surface area contributed by atoms with Crippen LogP contribution >= 0.6 is 0 Å². The molecule has 1 aromatic rings. The molecule has 2 rings (SSSR count). The average molecular weight is 337 g/mol. The Balaban J connectivity index is 1.86. The molecule has 0 aliphatic carbocycles. The number of aryl methyl sites for hydroxylation is 1. The fraction of sp³-hybridized carbons (Fsp3) is 0.706. The van der Waals surface area contributed by atoms with Gasteiger partial charge in [-0.25, -0.2) is 4.79 Å². The fourth-order valence-corrected chi connectivity index (χ4v) is 2.70. The van der Waals surface area contributed by atoms with Gasteiger partial charge in [0.1, 0.15) is 12.2 Å². The molecule has 1 amide bonds. The number of carbonyl (C=O) groups is 2. The maximum absolute atomic E-state index is 12.3. The molecular formula is C17H27N3O4. The molecule has 2 heterocycles. The molecule has 1 saturated heterocycles.